The first-order valence-electron chi connectivity index (χ1n) is 9.53. The number of alkyl carbamates (subject to hydrolysis) is 1. The summed E-state index contributed by atoms with van der Waals surface area (Å²) in [5, 5.41) is 7.76. The van der Waals surface area contributed by atoms with E-state index >= 15 is 0 Å². The van der Waals surface area contributed by atoms with Crippen LogP contribution in [0, 0.1) is 5.92 Å². The Bertz CT molecular complexity index is 544. The van der Waals surface area contributed by atoms with Crippen molar-refractivity contribution in [2.45, 2.75) is 78.0 Å². The van der Waals surface area contributed by atoms with Crippen LogP contribution in [0.1, 0.15) is 60.3 Å². The molecule has 0 heterocycles. The van der Waals surface area contributed by atoms with Gasteiger partial charge in [-0.2, -0.15) is 0 Å². The maximum atomic E-state index is 12.8. The van der Waals surface area contributed by atoms with Gasteiger partial charge >= 0.3 is 12.1 Å². The van der Waals surface area contributed by atoms with Gasteiger partial charge in [0.2, 0.25) is 11.8 Å². The largest absolute Gasteiger partial charge is 0.469 e. The predicted octanol–water partition coefficient (Wildman–Crippen LogP) is 1.50. The molecule has 162 valence electrons. The molecule has 0 aromatic heterocycles. The van der Waals surface area contributed by atoms with Crippen LogP contribution in [0.15, 0.2) is 0 Å². The lowest BCUT2D eigenvalue weighted by atomic mass is 9.97. The Morgan fingerprint density at radius 1 is 1.04 bits per heavy atom. The molecule has 0 aliphatic rings. The Morgan fingerprint density at radius 2 is 1.64 bits per heavy atom. The molecule has 0 unspecified atom stereocenters. The fourth-order valence-electron chi connectivity index (χ4n) is 2.38. The minimum absolute atomic E-state index is 0.0962. The van der Waals surface area contributed by atoms with E-state index in [4.69, 9.17) is 4.74 Å². The quantitative estimate of drug-likeness (QED) is 0.477. The van der Waals surface area contributed by atoms with Crippen molar-refractivity contribution in [3.8, 4) is 0 Å². The molecule has 0 saturated heterocycles. The van der Waals surface area contributed by atoms with E-state index in [1.54, 1.807) is 20.8 Å². The van der Waals surface area contributed by atoms with Gasteiger partial charge in [0.15, 0.2) is 0 Å². The van der Waals surface area contributed by atoms with Crippen LogP contribution in [0.2, 0.25) is 0 Å². The third kappa shape index (κ3) is 10.1. The number of esters is 1. The van der Waals surface area contributed by atoms with Crippen LogP contribution >= 0.6 is 0 Å². The first kappa shape index (κ1) is 25.7. The fraction of sp³-hybridized carbons (Fsp3) is 0.789. The fourth-order valence-corrected chi connectivity index (χ4v) is 2.38. The Balaban J connectivity index is 5.21. The highest BCUT2D eigenvalue weighted by atomic mass is 16.6. The number of hydrogen-bond acceptors (Lipinski definition) is 6. The zero-order chi connectivity index (χ0) is 21.9. The van der Waals surface area contributed by atoms with Crippen LogP contribution < -0.4 is 16.0 Å². The van der Waals surface area contributed by atoms with E-state index in [9.17, 15) is 19.2 Å². The molecular weight excluding hydrogens is 366 g/mol. The summed E-state index contributed by atoms with van der Waals surface area (Å²) >= 11 is 0. The van der Waals surface area contributed by atoms with Gasteiger partial charge in [0.25, 0.3) is 0 Å². The smallest absolute Gasteiger partial charge is 0.408 e. The van der Waals surface area contributed by atoms with Gasteiger partial charge < -0.3 is 25.4 Å². The van der Waals surface area contributed by atoms with Gasteiger partial charge in [-0.3, -0.25) is 14.4 Å². The van der Waals surface area contributed by atoms with Crippen molar-refractivity contribution in [3.63, 3.8) is 0 Å². The highest BCUT2D eigenvalue weighted by Crippen LogP contribution is 2.11. The summed E-state index contributed by atoms with van der Waals surface area (Å²) < 4.78 is 9.80. The zero-order valence-corrected chi connectivity index (χ0v) is 18.0. The molecule has 9 heteroatoms. The van der Waals surface area contributed by atoms with E-state index in [0.717, 1.165) is 0 Å². The molecule has 0 aliphatic carbocycles. The Morgan fingerprint density at radius 3 is 2.11 bits per heavy atom. The summed E-state index contributed by atoms with van der Waals surface area (Å²) in [5.41, 5.74) is -0.724. The molecular formula is C19H35N3O6. The maximum absolute atomic E-state index is 12.8. The molecule has 3 atom stereocenters. The SMILES string of the molecule is CC[C@@H](C)[C@H](NC(=O)[C@H](CCCC(=O)OC)NC(=O)OC(C)(C)C)C(=O)NC. The Kier molecular flexibility index (Phi) is 11.2. The van der Waals surface area contributed by atoms with Crippen LogP contribution in [0.4, 0.5) is 4.79 Å². The summed E-state index contributed by atoms with van der Waals surface area (Å²) in [6.45, 7) is 8.91. The monoisotopic (exact) mass is 401 g/mol. The molecule has 0 bridgehead atoms. The lowest BCUT2D eigenvalue weighted by Crippen LogP contribution is -2.55. The predicted molar refractivity (Wildman–Crippen MR) is 104 cm³/mol. The maximum Gasteiger partial charge on any atom is 0.408 e. The summed E-state index contributed by atoms with van der Waals surface area (Å²) in [5.74, 6) is -1.32. The van der Waals surface area contributed by atoms with E-state index in [1.165, 1.54) is 14.2 Å². The van der Waals surface area contributed by atoms with Gasteiger partial charge in [0, 0.05) is 13.5 Å². The third-order valence-electron chi connectivity index (χ3n) is 4.15. The average molecular weight is 402 g/mol. The van der Waals surface area contributed by atoms with Crippen LogP contribution in [0.5, 0.6) is 0 Å². The first-order valence-corrected chi connectivity index (χ1v) is 9.53. The van der Waals surface area contributed by atoms with Crippen LogP contribution in [-0.4, -0.2) is 55.7 Å². The van der Waals surface area contributed by atoms with Crippen molar-refractivity contribution >= 4 is 23.9 Å². The second kappa shape index (κ2) is 12.2. The highest BCUT2D eigenvalue weighted by Gasteiger charge is 2.30. The lowest BCUT2D eigenvalue weighted by Gasteiger charge is -2.27. The molecule has 0 rings (SSSR count). The van der Waals surface area contributed by atoms with Gasteiger partial charge in [0.05, 0.1) is 7.11 Å². The molecule has 28 heavy (non-hydrogen) atoms. The minimum atomic E-state index is -0.948. The Labute approximate surface area is 167 Å². The number of carbonyl (C=O) groups excluding carboxylic acids is 4. The highest BCUT2D eigenvalue weighted by molar-refractivity contribution is 5.91. The molecule has 0 fully saturated rings. The number of likely N-dealkylation sites (N-methyl/N-ethyl adjacent to an activating group) is 1. The number of methoxy groups -OCH3 is 1. The third-order valence-corrected chi connectivity index (χ3v) is 4.15. The average Bonchev–Trinajstić information content (AvgIpc) is 2.61. The number of nitrogens with one attached hydrogen (secondary N) is 3. The van der Waals surface area contributed by atoms with Gasteiger partial charge in [-0.1, -0.05) is 20.3 Å². The molecule has 0 saturated carbocycles. The van der Waals surface area contributed by atoms with Crippen molar-refractivity contribution in [3.05, 3.63) is 0 Å². The van der Waals surface area contributed by atoms with Gasteiger partial charge in [-0.05, 0) is 39.5 Å². The molecule has 3 N–H and O–H groups in total. The number of hydrogen-bond donors (Lipinski definition) is 3. The number of carbonyl (C=O) groups is 4. The standard InChI is InChI=1S/C19H35N3O6/c1-8-12(2)15(17(25)20-6)22-16(24)13(10-9-11-14(23)27-7)21-18(26)28-19(3,4)5/h12-13,15H,8-11H2,1-7H3,(H,20,25)(H,21,26)(H,22,24)/t12-,13+,15+/m1/s1. The van der Waals surface area contributed by atoms with E-state index in [-0.39, 0.29) is 24.7 Å². The summed E-state index contributed by atoms with van der Waals surface area (Å²) in [7, 11) is 2.78. The van der Waals surface area contributed by atoms with Gasteiger partial charge in [0.1, 0.15) is 17.7 Å². The second-order valence-corrected chi connectivity index (χ2v) is 7.65. The summed E-state index contributed by atoms with van der Waals surface area (Å²) in [6, 6.07) is -1.68. The van der Waals surface area contributed by atoms with Crippen molar-refractivity contribution in [1.29, 1.82) is 0 Å². The van der Waals surface area contributed by atoms with Crippen LogP contribution in [0.25, 0.3) is 0 Å². The number of rotatable bonds is 10. The van der Waals surface area contributed by atoms with Crippen molar-refractivity contribution in [1.82, 2.24) is 16.0 Å². The van der Waals surface area contributed by atoms with E-state index in [0.29, 0.717) is 12.8 Å². The summed E-state index contributed by atoms with van der Waals surface area (Å²) in [6.07, 6.45) is 0.576. The van der Waals surface area contributed by atoms with Crippen LogP contribution in [0.3, 0.4) is 0 Å². The first-order chi connectivity index (χ1) is 12.9. The van der Waals surface area contributed by atoms with Crippen molar-refractivity contribution < 1.29 is 28.7 Å². The number of ether oxygens (including phenoxy) is 2. The normalized spacial score (nSPS) is 14.2. The number of amides is 3. The lowest BCUT2D eigenvalue weighted by molar-refractivity contribution is -0.141. The van der Waals surface area contributed by atoms with Gasteiger partial charge in [-0.15, -0.1) is 0 Å². The Hall–Kier alpha value is -2.32. The molecule has 0 aromatic rings. The molecule has 0 aliphatic heterocycles. The van der Waals surface area contributed by atoms with Crippen molar-refractivity contribution in [2.24, 2.45) is 5.92 Å². The minimum Gasteiger partial charge on any atom is -0.469 e. The van der Waals surface area contributed by atoms with E-state index < -0.39 is 35.7 Å². The molecule has 0 aromatic carbocycles. The molecule has 0 spiro atoms. The van der Waals surface area contributed by atoms with E-state index in [2.05, 4.69) is 20.7 Å². The topological polar surface area (TPSA) is 123 Å². The molecule has 9 nitrogen and oxygen atoms in total. The van der Waals surface area contributed by atoms with E-state index in [1.807, 2.05) is 13.8 Å². The molecule has 3 amide bonds. The molecule has 0 radical (unpaired) electrons. The van der Waals surface area contributed by atoms with Crippen molar-refractivity contribution in [2.75, 3.05) is 14.2 Å². The zero-order valence-electron chi connectivity index (χ0n) is 18.0. The van der Waals surface area contributed by atoms with Crippen LogP contribution in [-0.2, 0) is 23.9 Å². The van der Waals surface area contributed by atoms with Gasteiger partial charge in [-0.25, -0.2) is 4.79 Å². The summed E-state index contributed by atoms with van der Waals surface area (Å²) in [4.78, 5) is 48.3. The second-order valence-electron chi connectivity index (χ2n) is 7.65.